The van der Waals surface area contributed by atoms with Crippen molar-refractivity contribution in [1.82, 2.24) is 20.2 Å². The molecule has 3 aliphatic heterocycles. The summed E-state index contributed by atoms with van der Waals surface area (Å²) in [5.41, 5.74) is 0.0397. The van der Waals surface area contributed by atoms with Crippen LogP contribution in [-0.4, -0.2) is 72.6 Å². The van der Waals surface area contributed by atoms with E-state index >= 15 is 0 Å². The van der Waals surface area contributed by atoms with E-state index in [0.29, 0.717) is 44.4 Å². The first-order valence-electron chi connectivity index (χ1n) is 8.90. The Morgan fingerprint density at radius 1 is 1.20 bits per heavy atom. The first kappa shape index (κ1) is 16.3. The van der Waals surface area contributed by atoms with Crippen molar-refractivity contribution in [2.24, 2.45) is 5.41 Å². The van der Waals surface area contributed by atoms with Gasteiger partial charge >= 0.3 is 0 Å². The van der Waals surface area contributed by atoms with Gasteiger partial charge in [-0.05, 0) is 19.3 Å². The molecule has 134 valence electrons. The molecule has 3 aliphatic rings. The molecule has 0 bridgehead atoms. The predicted octanol–water partition coefficient (Wildman–Crippen LogP) is 0.0555. The van der Waals surface area contributed by atoms with Crippen molar-refractivity contribution in [3.05, 3.63) is 18.1 Å². The number of carbonyl (C=O) groups excluding carboxylic acids is 2. The van der Waals surface area contributed by atoms with E-state index in [4.69, 9.17) is 4.74 Å². The Balaban J connectivity index is 1.50. The van der Waals surface area contributed by atoms with Gasteiger partial charge in [-0.15, -0.1) is 0 Å². The summed E-state index contributed by atoms with van der Waals surface area (Å²) in [6, 6.07) is 0. The van der Waals surface area contributed by atoms with Crippen molar-refractivity contribution in [2.45, 2.75) is 19.3 Å². The minimum Gasteiger partial charge on any atom is -0.378 e. The van der Waals surface area contributed by atoms with Crippen LogP contribution in [0.2, 0.25) is 0 Å². The molecule has 0 saturated carbocycles. The number of nitrogens with one attached hydrogen (secondary N) is 1. The van der Waals surface area contributed by atoms with Gasteiger partial charge in [0.05, 0.1) is 31.0 Å². The highest BCUT2D eigenvalue weighted by Gasteiger charge is 2.46. The van der Waals surface area contributed by atoms with E-state index in [-0.39, 0.29) is 17.2 Å². The Morgan fingerprint density at radius 2 is 2.04 bits per heavy atom. The lowest BCUT2D eigenvalue weighted by Gasteiger charge is -2.32. The highest BCUT2D eigenvalue weighted by atomic mass is 16.5. The van der Waals surface area contributed by atoms with Gasteiger partial charge in [-0.2, -0.15) is 0 Å². The molecule has 8 nitrogen and oxygen atoms in total. The Hall–Kier alpha value is -2.22. The maximum atomic E-state index is 12.6. The summed E-state index contributed by atoms with van der Waals surface area (Å²) in [6.45, 7) is 4.45. The normalized spacial score (nSPS) is 26.8. The quantitative estimate of drug-likeness (QED) is 0.815. The van der Waals surface area contributed by atoms with Crippen LogP contribution in [0.5, 0.6) is 0 Å². The van der Waals surface area contributed by atoms with Gasteiger partial charge in [0.15, 0.2) is 0 Å². The van der Waals surface area contributed by atoms with Crippen molar-refractivity contribution in [2.75, 3.05) is 50.8 Å². The smallest absolute Gasteiger partial charge is 0.274 e. The third-order valence-electron chi connectivity index (χ3n) is 5.42. The highest BCUT2D eigenvalue weighted by molar-refractivity contribution is 5.92. The molecule has 8 heteroatoms. The summed E-state index contributed by atoms with van der Waals surface area (Å²) < 4.78 is 5.29. The van der Waals surface area contributed by atoms with E-state index in [1.54, 1.807) is 11.1 Å². The van der Waals surface area contributed by atoms with Crippen LogP contribution in [-0.2, 0) is 9.53 Å². The summed E-state index contributed by atoms with van der Waals surface area (Å²) in [5.74, 6) is 0.714. The van der Waals surface area contributed by atoms with E-state index in [0.717, 1.165) is 32.4 Å². The molecule has 0 radical (unpaired) electrons. The van der Waals surface area contributed by atoms with Gasteiger partial charge in [0, 0.05) is 32.7 Å². The molecule has 3 saturated heterocycles. The third-order valence-corrected chi connectivity index (χ3v) is 5.42. The van der Waals surface area contributed by atoms with Crippen LogP contribution in [0, 0.1) is 5.41 Å². The van der Waals surface area contributed by atoms with Crippen LogP contribution >= 0.6 is 0 Å². The summed E-state index contributed by atoms with van der Waals surface area (Å²) >= 11 is 0. The van der Waals surface area contributed by atoms with Crippen molar-refractivity contribution >= 4 is 17.6 Å². The molecule has 1 aromatic rings. The number of piperidine rings is 1. The number of morpholine rings is 1. The monoisotopic (exact) mass is 345 g/mol. The molecule has 2 amide bonds. The number of anilines is 1. The first-order valence-corrected chi connectivity index (χ1v) is 8.90. The van der Waals surface area contributed by atoms with Gasteiger partial charge in [-0.1, -0.05) is 0 Å². The van der Waals surface area contributed by atoms with Crippen molar-refractivity contribution in [1.29, 1.82) is 0 Å². The van der Waals surface area contributed by atoms with Gasteiger partial charge in [-0.25, -0.2) is 4.98 Å². The fraction of sp³-hybridized carbons (Fsp3) is 0.647. The minimum absolute atomic E-state index is 0.109. The zero-order chi connectivity index (χ0) is 17.3. The zero-order valence-electron chi connectivity index (χ0n) is 14.2. The molecule has 4 rings (SSSR count). The number of aromatic nitrogens is 2. The second-order valence-electron chi connectivity index (χ2n) is 6.98. The van der Waals surface area contributed by atoms with Gasteiger partial charge < -0.3 is 19.9 Å². The fourth-order valence-corrected chi connectivity index (χ4v) is 3.93. The van der Waals surface area contributed by atoms with E-state index < -0.39 is 0 Å². The largest absolute Gasteiger partial charge is 0.378 e. The maximum absolute atomic E-state index is 12.6. The molecule has 3 fully saturated rings. The molecule has 1 unspecified atom stereocenters. The number of rotatable bonds is 2. The topological polar surface area (TPSA) is 87.7 Å². The molecule has 4 heterocycles. The lowest BCUT2D eigenvalue weighted by molar-refractivity contribution is -0.132. The average molecular weight is 345 g/mol. The molecule has 0 aromatic carbocycles. The third kappa shape index (κ3) is 3.06. The molecule has 1 N–H and O–H groups in total. The number of carbonyl (C=O) groups is 2. The SMILES string of the molecule is O=C(c1cncc(N2CCC3(CCCNC3=O)C2)n1)N1CCOCC1. The lowest BCUT2D eigenvalue weighted by atomic mass is 9.79. The zero-order valence-corrected chi connectivity index (χ0v) is 14.2. The summed E-state index contributed by atoms with van der Waals surface area (Å²) in [7, 11) is 0. The van der Waals surface area contributed by atoms with Crippen LogP contribution in [0.1, 0.15) is 29.8 Å². The predicted molar refractivity (Wildman–Crippen MR) is 90.3 cm³/mol. The Bertz CT molecular complexity index is 676. The van der Waals surface area contributed by atoms with E-state index in [1.807, 2.05) is 0 Å². The molecular formula is C17H23N5O3. The number of hydrogen-bond donors (Lipinski definition) is 1. The van der Waals surface area contributed by atoms with Crippen molar-refractivity contribution in [3.63, 3.8) is 0 Å². The van der Waals surface area contributed by atoms with Gasteiger partial charge in [0.2, 0.25) is 5.91 Å². The van der Waals surface area contributed by atoms with Crippen LogP contribution in [0.25, 0.3) is 0 Å². The Labute approximate surface area is 146 Å². The number of nitrogens with zero attached hydrogens (tertiary/aromatic N) is 4. The number of hydrogen-bond acceptors (Lipinski definition) is 6. The van der Waals surface area contributed by atoms with E-state index in [9.17, 15) is 9.59 Å². The summed E-state index contributed by atoms with van der Waals surface area (Å²) in [4.78, 5) is 37.5. The second-order valence-corrected chi connectivity index (χ2v) is 6.98. The molecule has 1 spiro atoms. The van der Waals surface area contributed by atoms with Gasteiger partial charge in [-0.3, -0.25) is 14.6 Å². The number of ether oxygens (including phenoxy) is 1. The van der Waals surface area contributed by atoms with Crippen molar-refractivity contribution < 1.29 is 14.3 Å². The molecule has 0 aliphatic carbocycles. The van der Waals surface area contributed by atoms with E-state index in [1.165, 1.54) is 6.20 Å². The van der Waals surface area contributed by atoms with Crippen LogP contribution in [0.4, 0.5) is 5.82 Å². The van der Waals surface area contributed by atoms with Crippen LogP contribution in [0.15, 0.2) is 12.4 Å². The van der Waals surface area contributed by atoms with E-state index in [2.05, 4.69) is 20.2 Å². The summed E-state index contributed by atoms with van der Waals surface area (Å²) in [5, 5.41) is 2.99. The first-order chi connectivity index (χ1) is 12.2. The Kier molecular flexibility index (Phi) is 4.29. The lowest BCUT2D eigenvalue weighted by Crippen LogP contribution is -2.47. The molecular weight excluding hydrogens is 322 g/mol. The highest BCUT2D eigenvalue weighted by Crippen LogP contribution is 2.38. The van der Waals surface area contributed by atoms with Crippen LogP contribution < -0.4 is 10.2 Å². The van der Waals surface area contributed by atoms with Crippen LogP contribution in [0.3, 0.4) is 0 Å². The van der Waals surface area contributed by atoms with Crippen molar-refractivity contribution in [3.8, 4) is 0 Å². The standard InChI is InChI=1S/C17H23N5O3/c23-15(21-6-8-25-9-7-21)13-10-18-11-14(20-13)22-5-3-17(12-22)2-1-4-19-16(17)24/h10-11H,1-9,12H2,(H,19,24). The number of amides is 2. The van der Waals surface area contributed by atoms with Gasteiger partial charge in [0.1, 0.15) is 11.5 Å². The maximum Gasteiger partial charge on any atom is 0.274 e. The summed E-state index contributed by atoms with van der Waals surface area (Å²) in [6.07, 6.45) is 5.94. The Morgan fingerprint density at radius 3 is 2.84 bits per heavy atom. The minimum atomic E-state index is -0.315. The average Bonchev–Trinajstić information content (AvgIpc) is 3.10. The molecule has 1 atom stereocenters. The van der Waals surface area contributed by atoms with Gasteiger partial charge in [0.25, 0.3) is 5.91 Å². The molecule has 25 heavy (non-hydrogen) atoms. The molecule has 1 aromatic heterocycles. The fourth-order valence-electron chi connectivity index (χ4n) is 3.93. The second kappa shape index (κ2) is 6.59.